The number of methoxy groups -OCH3 is 1. The average Bonchev–Trinajstić information content (AvgIpc) is 3.33. The van der Waals surface area contributed by atoms with Crippen molar-refractivity contribution in [3.05, 3.63) is 36.4 Å². The molecule has 4 aromatic rings. The first-order valence-electron chi connectivity index (χ1n) is 10.9. The Morgan fingerprint density at radius 3 is 2.81 bits per heavy atom. The monoisotopic (exact) mass is 418 g/mol. The third kappa shape index (κ3) is 2.98. The summed E-state index contributed by atoms with van der Waals surface area (Å²) in [5.74, 6) is 2.04. The van der Waals surface area contributed by atoms with Gasteiger partial charge in [0.2, 0.25) is 5.95 Å². The first kappa shape index (κ1) is 18.4. The van der Waals surface area contributed by atoms with E-state index in [0.717, 1.165) is 36.2 Å². The Kier molecular flexibility index (Phi) is 4.06. The number of ether oxygens (including phenoxy) is 1. The summed E-state index contributed by atoms with van der Waals surface area (Å²) in [5.41, 5.74) is 8.86. The molecule has 2 atom stereocenters. The molecule has 4 heterocycles. The van der Waals surface area contributed by atoms with Crippen LogP contribution in [-0.4, -0.2) is 49.1 Å². The van der Waals surface area contributed by atoms with Crippen LogP contribution in [0.4, 0.5) is 11.6 Å². The van der Waals surface area contributed by atoms with Crippen LogP contribution in [0.25, 0.3) is 16.6 Å². The lowest BCUT2D eigenvalue weighted by atomic mass is 9.92. The third-order valence-corrected chi connectivity index (χ3v) is 6.61. The molecular weight excluding hydrogens is 392 g/mol. The van der Waals surface area contributed by atoms with Gasteiger partial charge in [-0.2, -0.15) is 9.61 Å². The van der Waals surface area contributed by atoms with Gasteiger partial charge in [-0.05, 0) is 44.7 Å². The molecule has 9 heteroatoms. The van der Waals surface area contributed by atoms with Crippen molar-refractivity contribution in [2.24, 2.45) is 0 Å². The van der Waals surface area contributed by atoms with Gasteiger partial charge in [-0.1, -0.05) is 6.07 Å². The number of rotatable bonds is 4. The van der Waals surface area contributed by atoms with E-state index in [2.05, 4.69) is 32.8 Å². The van der Waals surface area contributed by atoms with Crippen LogP contribution in [0.5, 0.6) is 5.75 Å². The number of aromatic nitrogens is 6. The van der Waals surface area contributed by atoms with Crippen molar-refractivity contribution in [2.45, 2.75) is 50.6 Å². The second-order valence-corrected chi connectivity index (χ2v) is 8.72. The van der Waals surface area contributed by atoms with E-state index in [0.29, 0.717) is 29.3 Å². The Morgan fingerprint density at radius 1 is 1.13 bits per heavy atom. The van der Waals surface area contributed by atoms with Crippen LogP contribution < -0.4 is 15.4 Å². The highest BCUT2D eigenvalue weighted by Gasteiger charge is 2.31. The molecule has 1 aromatic carbocycles. The molecule has 3 aromatic heterocycles. The number of hydrogen-bond donors (Lipinski definition) is 1. The highest BCUT2D eigenvalue weighted by molar-refractivity contribution is 5.95. The summed E-state index contributed by atoms with van der Waals surface area (Å²) >= 11 is 0. The quantitative estimate of drug-likeness (QED) is 0.543. The largest absolute Gasteiger partial charge is 0.494 e. The molecule has 2 aliphatic rings. The molecule has 1 saturated carbocycles. The zero-order chi connectivity index (χ0) is 21.1. The molecule has 2 fully saturated rings. The third-order valence-electron chi connectivity index (χ3n) is 6.61. The van der Waals surface area contributed by atoms with E-state index in [-0.39, 0.29) is 5.92 Å². The van der Waals surface area contributed by atoms with Crippen molar-refractivity contribution in [3.8, 4) is 5.75 Å². The molecule has 0 unspecified atom stereocenters. The zero-order valence-electron chi connectivity index (χ0n) is 17.8. The second-order valence-electron chi connectivity index (χ2n) is 8.72. The molecule has 0 radical (unpaired) electrons. The summed E-state index contributed by atoms with van der Waals surface area (Å²) in [5, 5.41) is 10.2. The van der Waals surface area contributed by atoms with Crippen LogP contribution >= 0.6 is 0 Å². The molecule has 1 aliphatic carbocycles. The number of anilines is 2. The Labute approximate surface area is 179 Å². The van der Waals surface area contributed by atoms with Gasteiger partial charge in [0.25, 0.3) is 0 Å². The van der Waals surface area contributed by atoms with Gasteiger partial charge in [-0.25, -0.2) is 9.97 Å². The topological polar surface area (TPSA) is 99.4 Å². The first-order chi connectivity index (χ1) is 15.1. The second kappa shape index (κ2) is 6.83. The minimum Gasteiger partial charge on any atom is -0.494 e. The van der Waals surface area contributed by atoms with Crippen molar-refractivity contribution >= 4 is 28.2 Å². The molecule has 160 valence electrons. The van der Waals surface area contributed by atoms with Crippen molar-refractivity contribution in [3.63, 3.8) is 0 Å². The number of hydrogen-bond acceptors (Lipinski definition) is 7. The maximum atomic E-state index is 6.24. The fourth-order valence-electron chi connectivity index (χ4n) is 4.67. The lowest BCUT2D eigenvalue weighted by Crippen LogP contribution is -2.41. The van der Waals surface area contributed by atoms with Crippen molar-refractivity contribution in [2.75, 3.05) is 24.3 Å². The van der Waals surface area contributed by atoms with E-state index < -0.39 is 0 Å². The van der Waals surface area contributed by atoms with E-state index >= 15 is 0 Å². The molecule has 2 N–H and O–H groups in total. The van der Waals surface area contributed by atoms with E-state index in [4.69, 9.17) is 20.6 Å². The van der Waals surface area contributed by atoms with Gasteiger partial charge in [0.15, 0.2) is 11.5 Å². The van der Waals surface area contributed by atoms with Gasteiger partial charge in [0.05, 0.1) is 25.0 Å². The Balaban J connectivity index is 1.37. The number of fused-ring (bicyclic) bond motifs is 3. The maximum absolute atomic E-state index is 6.24. The summed E-state index contributed by atoms with van der Waals surface area (Å²) in [4.78, 5) is 11.9. The van der Waals surface area contributed by atoms with Gasteiger partial charge in [0.1, 0.15) is 11.3 Å². The number of nitrogens with two attached hydrogens (primary N) is 1. The minimum atomic E-state index is 0.223. The van der Waals surface area contributed by atoms with Crippen LogP contribution in [0.1, 0.15) is 50.4 Å². The number of nitrogens with zero attached hydrogens (tertiary/aromatic N) is 7. The number of nitrogen functional groups attached to an aromatic ring is 1. The zero-order valence-corrected chi connectivity index (χ0v) is 17.8. The van der Waals surface area contributed by atoms with E-state index in [9.17, 15) is 0 Å². The molecule has 0 spiro atoms. The van der Waals surface area contributed by atoms with E-state index in [1.807, 2.05) is 24.4 Å². The Morgan fingerprint density at radius 2 is 2.00 bits per heavy atom. The van der Waals surface area contributed by atoms with Gasteiger partial charge < -0.3 is 15.4 Å². The number of benzene rings is 1. The van der Waals surface area contributed by atoms with Gasteiger partial charge in [0, 0.05) is 30.1 Å². The predicted molar refractivity (Wildman–Crippen MR) is 119 cm³/mol. The standard InChI is InChI=1S/C22H26N8O/c1-13-6-7-14(11-28(13)16-10-24-29(12-16)15-8-9-15)20-26-21-17-4-3-5-18(31-2)19(17)25-22(23)30(21)27-20/h3-5,10,12-15H,6-9,11H2,1-2H3,(H2,23,25)/t13-,14+/m0/s1. The fourth-order valence-corrected chi connectivity index (χ4v) is 4.67. The predicted octanol–water partition coefficient (Wildman–Crippen LogP) is 3.17. The molecular formula is C22H26N8O. The maximum Gasteiger partial charge on any atom is 0.223 e. The molecule has 0 bridgehead atoms. The smallest absolute Gasteiger partial charge is 0.223 e. The lowest BCUT2D eigenvalue weighted by Gasteiger charge is -2.37. The van der Waals surface area contributed by atoms with Gasteiger partial charge in [-0.15, -0.1) is 5.10 Å². The van der Waals surface area contributed by atoms with Crippen LogP contribution in [0, 0.1) is 0 Å². The SMILES string of the molecule is COc1cccc2c1nc(N)n1nc([C@@H]3CC[C@H](C)N(c4cnn(C5CC5)c4)C3)nc21. The first-order valence-corrected chi connectivity index (χ1v) is 10.9. The number of para-hydroxylation sites is 1. The molecule has 6 rings (SSSR count). The normalized spacial score (nSPS) is 21.8. The molecule has 1 aliphatic heterocycles. The lowest BCUT2D eigenvalue weighted by molar-refractivity contribution is 0.419. The van der Waals surface area contributed by atoms with Gasteiger partial charge >= 0.3 is 0 Å². The summed E-state index contributed by atoms with van der Waals surface area (Å²) in [6.45, 7) is 3.15. The minimum absolute atomic E-state index is 0.223. The highest BCUT2D eigenvalue weighted by atomic mass is 16.5. The van der Waals surface area contributed by atoms with Crippen molar-refractivity contribution in [1.29, 1.82) is 0 Å². The highest BCUT2D eigenvalue weighted by Crippen LogP contribution is 2.37. The van der Waals surface area contributed by atoms with Gasteiger partial charge in [-0.3, -0.25) is 4.68 Å². The van der Waals surface area contributed by atoms with Crippen LogP contribution in [-0.2, 0) is 0 Å². The summed E-state index contributed by atoms with van der Waals surface area (Å²) in [6.07, 6.45) is 8.78. The van der Waals surface area contributed by atoms with E-state index in [1.165, 1.54) is 18.5 Å². The summed E-state index contributed by atoms with van der Waals surface area (Å²) < 4.78 is 9.23. The van der Waals surface area contributed by atoms with Crippen molar-refractivity contribution in [1.82, 2.24) is 29.4 Å². The van der Waals surface area contributed by atoms with Crippen LogP contribution in [0.15, 0.2) is 30.6 Å². The van der Waals surface area contributed by atoms with Crippen LogP contribution in [0.3, 0.4) is 0 Å². The van der Waals surface area contributed by atoms with Crippen LogP contribution in [0.2, 0.25) is 0 Å². The molecule has 31 heavy (non-hydrogen) atoms. The summed E-state index contributed by atoms with van der Waals surface area (Å²) in [6, 6.07) is 6.85. The Bertz CT molecular complexity index is 1270. The Hall–Kier alpha value is -3.36. The number of piperidine rings is 1. The fraction of sp³-hybridized carbons (Fsp3) is 0.455. The molecule has 1 saturated heterocycles. The molecule has 9 nitrogen and oxygen atoms in total. The molecule has 0 amide bonds. The van der Waals surface area contributed by atoms with E-state index in [1.54, 1.807) is 11.6 Å². The summed E-state index contributed by atoms with van der Waals surface area (Å²) in [7, 11) is 1.63. The average molecular weight is 419 g/mol. The van der Waals surface area contributed by atoms with Crippen molar-refractivity contribution < 1.29 is 4.74 Å².